The van der Waals surface area contributed by atoms with Gasteiger partial charge in [0.05, 0.1) is 18.6 Å². The highest BCUT2D eigenvalue weighted by Gasteiger charge is 2.39. The molecule has 5 heteroatoms. The van der Waals surface area contributed by atoms with Crippen molar-refractivity contribution in [1.29, 1.82) is 0 Å². The summed E-state index contributed by atoms with van der Waals surface area (Å²) >= 11 is 6.26. The van der Waals surface area contributed by atoms with Crippen LogP contribution in [0.15, 0.2) is 18.2 Å². The number of hydrogen-bond acceptors (Lipinski definition) is 4. The van der Waals surface area contributed by atoms with Crippen LogP contribution in [0.1, 0.15) is 37.2 Å². The first-order valence-corrected chi connectivity index (χ1v) is 7.63. The molecule has 21 heavy (non-hydrogen) atoms. The molecule has 0 saturated carbocycles. The molecule has 0 spiro atoms. The molecule has 2 saturated heterocycles. The number of hydrogen-bond donors (Lipinski definition) is 0. The van der Waals surface area contributed by atoms with Gasteiger partial charge in [-0.1, -0.05) is 11.6 Å². The summed E-state index contributed by atoms with van der Waals surface area (Å²) in [5.74, 6) is 0.160. The van der Waals surface area contributed by atoms with E-state index in [9.17, 15) is 4.79 Å². The smallest absolute Gasteiger partial charge is 0.184 e. The normalized spacial score (nSPS) is 22.4. The molecule has 4 nitrogen and oxygen atoms in total. The summed E-state index contributed by atoms with van der Waals surface area (Å²) in [7, 11) is 0. The van der Waals surface area contributed by atoms with Gasteiger partial charge < -0.3 is 14.2 Å². The molecule has 0 unspecified atom stereocenters. The first-order chi connectivity index (χ1) is 10.1. The van der Waals surface area contributed by atoms with Gasteiger partial charge in [0.2, 0.25) is 0 Å². The van der Waals surface area contributed by atoms with Gasteiger partial charge >= 0.3 is 0 Å². The van der Waals surface area contributed by atoms with Gasteiger partial charge in [-0.15, -0.1) is 0 Å². The Hall–Kier alpha value is -0.940. The summed E-state index contributed by atoms with van der Waals surface area (Å²) in [6.07, 6.45) is 0.995. The maximum Gasteiger partial charge on any atom is 0.184 e. The fourth-order valence-electron chi connectivity index (χ4n) is 3.14. The highest BCUT2D eigenvalue weighted by Crippen LogP contribution is 2.39. The van der Waals surface area contributed by atoms with E-state index in [4.69, 9.17) is 25.8 Å². The second kappa shape index (κ2) is 6.05. The van der Waals surface area contributed by atoms with Crippen molar-refractivity contribution in [3.05, 3.63) is 34.3 Å². The Morgan fingerprint density at radius 2 is 1.81 bits per heavy atom. The zero-order valence-corrected chi connectivity index (χ0v) is 12.8. The standard InChI is InChI=1S/C16H19ClO4/c1-11(18)16(2-4-19-5-3-16)13-8-12(9-14(17)10-13)15-20-6-7-21-15/h8-10,15H,2-7H2,1H3. The molecular formula is C16H19ClO4. The molecule has 0 aromatic heterocycles. The largest absolute Gasteiger partial charge is 0.381 e. The van der Waals surface area contributed by atoms with Crippen molar-refractivity contribution < 1.29 is 19.0 Å². The number of rotatable bonds is 3. The van der Waals surface area contributed by atoms with Crippen molar-refractivity contribution in [3.8, 4) is 0 Å². The zero-order valence-electron chi connectivity index (χ0n) is 12.1. The SMILES string of the molecule is CC(=O)C1(c2cc(Cl)cc(C3OCCO3)c2)CCOCC1. The third-order valence-corrected chi connectivity index (χ3v) is 4.61. The van der Waals surface area contributed by atoms with E-state index in [2.05, 4.69) is 0 Å². The van der Waals surface area contributed by atoms with Gasteiger partial charge in [0, 0.05) is 23.8 Å². The van der Waals surface area contributed by atoms with Crippen LogP contribution in [0, 0.1) is 0 Å². The van der Waals surface area contributed by atoms with E-state index in [-0.39, 0.29) is 12.1 Å². The molecule has 0 aliphatic carbocycles. The van der Waals surface area contributed by atoms with Crippen LogP contribution in [0.25, 0.3) is 0 Å². The van der Waals surface area contributed by atoms with E-state index in [0.29, 0.717) is 44.3 Å². The molecule has 2 fully saturated rings. The van der Waals surface area contributed by atoms with Crippen LogP contribution >= 0.6 is 11.6 Å². The van der Waals surface area contributed by atoms with Gasteiger partial charge in [-0.05, 0) is 43.5 Å². The molecule has 0 atom stereocenters. The van der Waals surface area contributed by atoms with Gasteiger partial charge in [-0.25, -0.2) is 0 Å². The van der Waals surface area contributed by atoms with Crippen molar-refractivity contribution in [2.75, 3.05) is 26.4 Å². The van der Waals surface area contributed by atoms with E-state index in [1.807, 2.05) is 18.2 Å². The fraction of sp³-hybridized carbons (Fsp3) is 0.562. The van der Waals surface area contributed by atoms with Crippen molar-refractivity contribution >= 4 is 17.4 Å². The number of carbonyl (C=O) groups is 1. The Balaban J connectivity index is 2.01. The third-order valence-electron chi connectivity index (χ3n) is 4.39. The van der Waals surface area contributed by atoms with Gasteiger partial charge in [0.1, 0.15) is 5.78 Å². The highest BCUT2D eigenvalue weighted by molar-refractivity contribution is 6.30. The number of Topliss-reactive ketones (excluding diaryl/α,β-unsaturated/α-hetero) is 1. The molecule has 0 amide bonds. The van der Waals surface area contributed by atoms with Crippen LogP contribution in [0.4, 0.5) is 0 Å². The molecule has 2 heterocycles. The fourth-order valence-corrected chi connectivity index (χ4v) is 3.38. The molecule has 1 aromatic carbocycles. The van der Waals surface area contributed by atoms with Gasteiger partial charge in [0.25, 0.3) is 0 Å². The Kier molecular flexibility index (Phi) is 4.31. The van der Waals surface area contributed by atoms with Crippen LogP contribution < -0.4 is 0 Å². The maximum absolute atomic E-state index is 12.3. The molecule has 0 N–H and O–H groups in total. The van der Waals surface area contributed by atoms with E-state index in [0.717, 1.165) is 11.1 Å². The first-order valence-electron chi connectivity index (χ1n) is 7.25. The van der Waals surface area contributed by atoms with Crippen molar-refractivity contribution in [2.24, 2.45) is 0 Å². The zero-order chi connectivity index (χ0) is 14.9. The predicted molar refractivity (Wildman–Crippen MR) is 78.5 cm³/mol. The molecule has 2 aliphatic rings. The summed E-state index contributed by atoms with van der Waals surface area (Å²) in [5, 5.41) is 0.605. The maximum atomic E-state index is 12.3. The Labute approximate surface area is 129 Å². The van der Waals surface area contributed by atoms with Crippen LogP contribution in [0.2, 0.25) is 5.02 Å². The van der Waals surface area contributed by atoms with Crippen LogP contribution in [-0.4, -0.2) is 32.2 Å². The minimum absolute atomic E-state index is 0.160. The number of halogens is 1. The summed E-state index contributed by atoms with van der Waals surface area (Å²) in [6.45, 7) is 4.00. The quantitative estimate of drug-likeness (QED) is 0.861. The molecule has 3 rings (SSSR count). The van der Waals surface area contributed by atoms with Crippen molar-refractivity contribution in [1.82, 2.24) is 0 Å². The van der Waals surface area contributed by atoms with Gasteiger partial charge in [-0.3, -0.25) is 4.79 Å². The van der Waals surface area contributed by atoms with E-state index in [1.165, 1.54) is 0 Å². The minimum Gasteiger partial charge on any atom is -0.381 e. The average Bonchev–Trinajstić information content (AvgIpc) is 3.01. The first kappa shape index (κ1) is 15.0. The lowest BCUT2D eigenvalue weighted by Crippen LogP contribution is -2.40. The van der Waals surface area contributed by atoms with E-state index >= 15 is 0 Å². The summed E-state index contributed by atoms with van der Waals surface area (Å²) in [5.41, 5.74) is 1.32. The Morgan fingerprint density at radius 1 is 1.14 bits per heavy atom. The van der Waals surface area contributed by atoms with Crippen molar-refractivity contribution in [3.63, 3.8) is 0 Å². The van der Waals surface area contributed by atoms with E-state index in [1.54, 1.807) is 6.92 Å². The predicted octanol–water partition coefficient (Wildman–Crippen LogP) is 3.02. The Morgan fingerprint density at radius 3 is 2.43 bits per heavy atom. The van der Waals surface area contributed by atoms with Crippen LogP contribution in [0.5, 0.6) is 0 Å². The van der Waals surface area contributed by atoms with Gasteiger partial charge in [-0.2, -0.15) is 0 Å². The van der Waals surface area contributed by atoms with Gasteiger partial charge in [0.15, 0.2) is 6.29 Å². The molecule has 114 valence electrons. The molecule has 2 aliphatic heterocycles. The Bertz CT molecular complexity index is 531. The molecule has 0 radical (unpaired) electrons. The number of carbonyl (C=O) groups excluding carboxylic acids is 1. The second-order valence-corrected chi connectivity index (χ2v) is 6.03. The average molecular weight is 311 g/mol. The van der Waals surface area contributed by atoms with Crippen molar-refractivity contribution in [2.45, 2.75) is 31.5 Å². The lowest BCUT2D eigenvalue weighted by atomic mass is 9.71. The molecule has 1 aromatic rings. The lowest BCUT2D eigenvalue weighted by Gasteiger charge is -2.36. The van der Waals surface area contributed by atoms with Crippen LogP contribution in [-0.2, 0) is 24.4 Å². The summed E-state index contributed by atoms with van der Waals surface area (Å²) < 4.78 is 16.5. The number of ether oxygens (including phenoxy) is 3. The minimum atomic E-state index is -0.503. The second-order valence-electron chi connectivity index (χ2n) is 5.60. The highest BCUT2D eigenvalue weighted by atomic mass is 35.5. The monoisotopic (exact) mass is 310 g/mol. The third kappa shape index (κ3) is 2.86. The number of ketones is 1. The number of benzene rings is 1. The summed E-state index contributed by atoms with van der Waals surface area (Å²) in [6, 6.07) is 5.72. The molecule has 0 bridgehead atoms. The van der Waals surface area contributed by atoms with Crippen LogP contribution in [0.3, 0.4) is 0 Å². The topological polar surface area (TPSA) is 44.8 Å². The lowest BCUT2D eigenvalue weighted by molar-refractivity contribution is -0.126. The summed E-state index contributed by atoms with van der Waals surface area (Å²) in [4.78, 5) is 12.3. The van der Waals surface area contributed by atoms with E-state index < -0.39 is 5.41 Å². The molecular weight excluding hydrogens is 292 g/mol.